The molecular weight excluding hydrogens is 735 g/mol. The molecule has 5 atom stereocenters. The van der Waals surface area contributed by atoms with Gasteiger partial charge in [-0.3, -0.25) is 15.2 Å². The van der Waals surface area contributed by atoms with Crippen molar-refractivity contribution in [1.29, 1.82) is 0 Å². The number of hydrogen-bond donors (Lipinski definition) is 1. The minimum Gasteiger partial charge on any atom is -0.374 e. The molecule has 5 aromatic carbocycles. The number of halogens is 2. The molecular formula is C45H42Cl2N2O6. The number of benzene rings is 5. The van der Waals surface area contributed by atoms with Gasteiger partial charge in [-0.25, -0.2) is 0 Å². The molecule has 0 spiro atoms. The number of nitrogens with zero attached hydrogens (tertiary/aromatic N) is 1. The Morgan fingerprint density at radius 2 is 1.13 bits per heavy atom. The third-order valence-corrected chi connectivity index (χ3v) is 9.95. The van der Waals surface area contributed by atoms with Crippen molar-refractivity contribution in [3.8, 4) is 0 Å². The molecule has 1 saturated heterocycles. The molecule has 5 aromatic rings. The van der Waals surface area contributed by atoms with Crippen LogP contribution in [0.5, 0.6) is 0 Å². The fraction of sp³-hybridized carbons (Fsp3) is 0.222. The lowest BCUT2D eigenvalue weighted by atomic mass is 9.90. The number of carbonyl (C=O) groups excluding carboxylic acids is 1. The Morgan fingerprint density at radius 3 is 1.67 bits per heavy atom. The Bertz CT molecular complexity index is 2030. The molecule has 2 aliphatic rings. The van der Waals surface area contributed by atoms with E-state index in [1.165, 1.54) is 0 Å². The van der Waals surface area contributed by atoms with Gasteiger partial charge in [-0.05, 0) is 52.1 Å². The third-order valence-electron chi connectivity index (χ3n) is 9.42. The molecule has 10 heteroatoms. The van der Waals surface area contributed by atoms with E-state index in [0.717, 1.165) is 34.1 Å². The van der Waals surface area contributed by atoms with Crippen LogP contribution in [0.25, 0.3) is 0 Å². The molecule has 0 radical (unpaired) electrons. The number of hydrogen-bond acceptors (Lipinski definition) is 8. The first-order valence-electron chi connectivity index (χ1n) is 18.2. The van der Waals surface area contributed by atoms with Gasteiger partial charge in [0.1, 0.15) is 41.4 Å². The maximum Gasteiger partial charge on any atom is 0.168 e. The van der Waals surface area contributed by atoms with Crippen molar-refractivity contribution in [2.24, 2.45) is 0 Å². The van der Waals surface area contributed by atoms with Crippen LogP contribution in [0.15, 0.2) is 163 Å². The number of ether oxygens (including phenoxy) is 5. The minimum atomic E-state index is -0.679. The average molecular weight is 778 g/mol. The van der Waals surface area contributed by atoms with Crippen LogP contribution in [-0.4, -0.2) is 37.3 Å². The van der Waals surface area contributed by atoms with Gasteiger partial charge in [0.25, 0.3) is 0 Å². The van der Waals surface area contributed by atoms with E-state index in [-0.39, 0.29) is 6.61 Å². The van der Waals surface area contributed by atoms with Crippen molar-refractivity contribution < 1.29 is 28.5 Å². The van der Waals surface area contributed by atoms with Crippen LogP contribution in [0.4, 0.5) is 5.69 Å². The Hall–Kier alpha value is -4.77. The summed E-state index contributed by atoms with van der Waals surface area (Å²) in [7, 11) is 0. The summed E-state index contributed by atoms with van der Waals surface area (Å²) in [5, 5.41) is 2.28. The molecule has 0 amide bonds. The first-order chi connectivity index (χ1) is 27.1. The zero-order valence-corrected chi connectivity index (χ0v) is 31.6. The molecule has 0 aromatic heterocycles. The van der Waals surface area contributed by atoms with Gasteiger partial charge < -0.3 is 23.7 Å². The van der Waals surface area contributed by atoms with Gasteiger partial charge in [-0.15, -0.1) is 0 Å². The van der Waals surface area contributed by atoms with Crippen molar-refractivity contribution >= 4 is 35.2 Å². The van der Waals surface area contributed by atoms with E-state index in [0.29, 0.717) is 48.0 Å². The molecule has 7 rings (SSSR count). The van der Waals surface area contributed by atoms with Crippen LogP contribution in [0.3, 0.4) is 0 Å². The molecule has 0 aliphatic carbocycles. The maximum absolute atomic E-state index is 12.1. The molecule has 55 heavy (non-hydrogen) atoms. The number of carbonyl (C=O) groups is 1. The van der Waals surface area contributed by atoms with E-state index in [2.05, 4.69) is 5.43 Å². The van der Waals surface area contributed by atoms with Crippen molar-refractivity contribution in [2.45, 2.75) is 56.9 Å². The fourth-order valence-electron chi connectivity index (χ4n) is 6.67. The predicted octanol–water partition coefficient (Wildman–Crippen LogP) is 9.24. The molecule has 2 aliphatic heterocycles. The van der Waals surface area contributed by atoms with Crippen LogP contribution in [0.2, 0.25) is 5.02 Å². The summed E-state index contributed by atoms with van der Waals surface area (Å²) in [6, 6.07) is 45.6. The molecule has 0 bridgehead atoms. The van der Waals surface area contributed by atoms with Gasteiger partial charge in [-0.2, -0.15) is 0 Å². The van der Waals surface area contributed by atoms with Crippen LogP contribution in [0.1, 0.15) is 33.9 Å². The average Bonchev–Trinajstić information content (AvgIpc) is 3.23. The van der Waals surface area contributed by atoms with E-state index < -0.39 is 30.5 Å². The van der Waals surface area contributed by atoms with Crippen molar-refractivity contribution in [2.75, 3.05) is 11.6 Å². The number of allylic oxidation sites excluding steroid dienone is 3. The number of hydrazine groups is 1. The smallest absolute Gasteiger partial charge is 0.168 e. The highest BCUT2D eigenvalue weighted by atomic mass is 35.5. The molecule has 0 unspecified atom stereocenters. The standard InChI is InChI=1S/C45H42Cl2N2O6/c46-38-23-21-36(25-39(38)49-37(26-50)22-24-41(47)48-49)42-44(53-29-34-17-9-3-10-18-34)45(54-30-35-19-11-4-12-20-35)43(52-28-33-15-7-2-8-16-33)40(55-42)31-51-27-32-13-5-1-6-14-32/h1-26,40,42-45,48H,27-31H2/t40-,42+,43-,44+,45+/m1/s1. The van der Waals surface area contributed by atoms with E-state index in [9.17, 15) is 4.79 Å². The van der Waals surface area contributed by atoms with E-state index in [4.69, 9.17) is 46.9 Å². The van der Waals surface area contributed by atoms with E-state index >= 15 is 0 Å². The first kappa shape index (κ1) is 38.5. The maximum atomic E-state index is 12.1. The molecule has 1 N–H and O–H groups in total. The largest absolute Gasteiger partial charge is 0.374 e. The monoisotopic (exact) mass is 776 g/mol. The number of anilines is 1. The van der Waals surface area contributed by atoms with Crippen LogP contribution >= 0.6 is 23.2 Å². The highest BCUT2D eigenvalue weighted by molar-refractivity contribution is 6.33. The lowest BCUT2D eigenvalue weighted by Crippen LogP contribution is -2.58. The Balaban J connectivity index is 1.28. The molecule has 282 valence electrons. The lowest BCUT2D eigenvalue weighted by Gasteiger charge is -2.46. The number of aldehydes is 1. The second kappa shape index (κ2) is 19.2. The second-order valence-electron chi connectivity index (χ2n) is 13.3. The molecule has 1 fully saturated rings. The van der Waals surface area contributed by atoms with Crippen molar-refractivity contribution in [1.82, 2.24) is 5.43 Å². The van der Waals surface area contributed by atoms with E-state index in [1.807, 2.05) is 133 Å². The van der Waals surface area contributed by atoms with Gasteiger partial charge >= 0.3 is 0 Å². The Kier molecular flexibility index (Phi) is 13.4. The highest BCUT2D eigenvalue weighted by Gasteiger charge is 2.49. The second-order valence-corrected chi connectivity index (χ2v) is 14.1. The number of rotatable bonds is 16. The highest BCUT2D eigenvalue weighted by Crippen LogP contribution is 2.41. The van der Waals surface area contributed by atoms with Gasteiger partial charge in [0.2, 0.25) is 0 Å². The number of nitrogens with one attached hydrogen (secondary N) is 1. The summed E-state index contributed by atoms with van der Waals surface area (Å²) < 4.78 is 34.1. The quantitative estimate of drug-likeness (QED) is 0.0786. The summed E-state index contributed by atoms with van der Waals surface area (Å²) in [5.41, 5.74) is 8.69. The SMILES string of the molecule is O=CC1=CC=C(Cl)NN1c1cc([C@@H]2O[C@H](COCc3ccccc3)[C@@H](OCc3ccccc3)[C@H](OCc3ccccc3)[C@H]2OCc2ccccc2)ccc1Cl. The first-order valence-corrected chi connectivity index (χ1v) is 18.9. The summed E-state index contributed by atoms with van der Waals surface area (Å²) >= 11 is 13.2. The fourth-order valence-corrected chi connectivity index (χ4v) is 7.02. The predicted molar refractivity (Wildman–Crippen MR) is 214 cm³/mol. The van der Waals surface area contributed by atoms with Crippen molar-refractivity contribution in [3.05, 3.63) is 195 Å². The normalized spacial score (nSPS) is 21.0. The molecule has 2 heterocycles. The van der Waals surface area contributed by atoms with Gasteiger partial charge in [0.15, 0.2) is 6.29 Å². The van der Waals surface area contributed by atoms with Gasteiger partial charge in [-0.1, -0.05) is 151 Å². The summed E-state index contributed by atoms with van der Waals surface area (Å²) in [5.74, 6) is 0. The van der Waals surface area contributed by atoms with Crippen molar-refractivity contribution in [3.63, 3.8) is 0 Å². The summed E-state index contributed by atoms with van der Waals surface area (Å²) in [6.45, 7) is 1.54. The zero-order chi connectivity index (χ0) is 37.8. The van der Waals surface area contributed by atoms with Crippen LogP contribution in [-0.2, 0) is 54.9 Å². The molecule has 8 nitrogen and oxygen atoms in total. The van der Waals surface area contributed by atoms with Gasteiger partial charge in [0, 0.05) is 0 Å². The third kappa shape index (κ3) is 10.1. The summed E-state index contributed by atoms with van der Waals surface area (Å²) in [6.07, 6.45) is 0.838. The Labute approximate surface area is 331 Å². The Morgan fingerprint density at radius 1 is 0.618 bits per heavy atom. The summed E-state index contributed by atoms with van der Waals surface area (Å²) in [4.78, 5) is 12.1. The van der Waals surface area contributed by atoms with Crippen LogP contribution < -0.4 is 10.4 Å². The minimum absolute atomic E-state index is 0.216. The zero-order valence-electron chi connectivity index (χ0n) is 30.1. The topological polar surface area (TPSA) is 78.5 Å². The molecule has 0 saturated carbocycles. The lowest BCUT2D eigenvalue weighted by molar-refractivity contribution is -0.275. The van der Waals surface area contributed by atoms with Gasteiger partial charge in [0.05, 0.1) is 43.7 Å². The van der Waals surface area contributed by atoms with Crippen LogP contribution in [0, 0.1) is 0 Å². The van der Waals surface area contributed by atoms with E-state index in [1.54, 1.807) is 23.2 Å².